The Morgan fingerprint density at radius 2 is 1.52 bits per heavy atom. The summed E-state index contributed by atoms with van der Waals surface area (Å²) >= 11 is 5.47. The van der Waals surface area contributed by atoms with Crippen LogP contribution in [0.1, 0.15) is 26.7 Å². The third-order valence-electron chi connectivity index (χ3n) is 2.96. The Morgan fingerprint density at radius 1 is 0.960 bits per heavy atom. The molecule has 0 aliphatic carbocycles. The maximum Gasteiger partial charge on any atom is 0.137 e. The van der Waals surface area contributed by atoms with Crippen LogP contribution in [0, 0.1) is 0 Å². The maximum atomic E-state index is 5.49. The van der Waals surface area contributed by atoms with Crippen molar-refractivity contribution in [1.29, 1.82) is 0 Å². The summed E-state index contributed by atoms with van der Waals surface area (Å²) in [6, 6.07) is 8.07. The number of rotatable bonds is 10. The zero-order valence-corrected chi connectivity index (χ0v) is 15.8. The molecule has 138 valence electrons. The van der Waals surface area contributed by atoms with E-state index in [0.717, 1.165) is 37.5 Å². The lowest BCUT2D eigenvalue weighted by atomic mass is 10.3. The predicted molar refractivity (Wildman–Crippen MR) is 103 cm³/mol. The number of halogens is 1. The quantitative estimate of drug-likeness (QED) is 0.510. The van der Waals surface area contributed by atoms with E-state index < -0.39 is 0 Å². The summed E-state index contributed by atoms with van der Waals surface area (Å²) < 4.78 is 10.8. The van der Waals surface area contributed by atoms with E-state index in [-0.39, 0.29) is 0 Å². The summed E-state index contributed by atoms with van der Waals surface area (Å²) in [5.41, 5.74) is 0. The van der Waals surface area contributed by atoms with E-state index in [4.69, 9.17) is 21.1 Å². The number of hydrogen-bond acceptors (Lipinski definition) is 5. The van der Waals surface area contributed by atoms with Gasteiger partial charge in [-0.3, -0.25) is 9.97 Å². The van der Waals surface area contributed by atoms with Gasteiger partial charge in [0, 0.05) is 24.3 Å². The zero-order valence-electron chi connectivity index (χ0n) is 15.0. The summed E-state index contributed by atoms with van der Waals surface area (Å²) in [5.74, 6) is 2.29. The van der Waals surface area contributed by atoms with Crippen molar-refractivity contribution in [3.05, 3.63) is 49.1 Å². The Bertz CT molecular complexity index is 527. The lowest BCUT2D eigenvalue weighted by Crippen LogP contribution is -2.24. The highest BCUT2D eigenvalue weighted by atomic mass is 35.5. The van der Waals surface area contributed by atoms with Gasteiger partial charge < -0.3 is 14.8 Å². The number of aromatic nitrogens is 2. The van der Waals surface area contributed by atoms with Gasteiger partial charge in [0.25, 0.3) is 0 Å². The zero-order chi connectivity index (χ0) is 18.2. The molecule has 2 aromatic heterocycles. The van der Waals surface area contributed by atoms with Crippen molar-refractivity contribution in [3.63, 3.8) is 0 Å². The van der Waals surface area contributed by atoms with E-state index in [1.807, 2.05) is 24.3 Å². The van der Waals surface area contributed by atoms with Crippen LogP contribution in [0.15, 0.2) is 49.1 Å². The predicted octanol–water partition coefficient (Wildman–Crippen LogP) is 3.94. The molecule has 2 heterocycles. The van der Waals surface area contributed by atoms with Crippen molar-refractivity contribution in [1.82, 2.24) is 15.3 Å². The highest BCUT2D eigenvalue weighted by molar-refractivity contribution is 6.17. The van der Waals surface area contributed by atoms with E-state index in [1.165, 1.54) is 0 Å². The Labute approximate surface area is 155 Å². The van der Waals surface area contributed by atoms with Crippen LogP contribution < -0.4 is 14.8 Å². The second-order valence-corrected chi connectivity index (χ2v) is 5.96. The molecule has 2 rings (SSSR count). The first-order valence-corrected chi connectivity index (χ1v) is 9.11. The van der Waals surface area contributed by atoms with Gasteiger partial charge in [0.15, 0.2) is 0 Å². The number of nitrogens with zero attached hydrogens (tertiary/aromatic N) is 2. The minimum absolute atomic E-state index is 0.549. The summed E-state index contributed by atoms with van der Waals surface area (Å²) in [4.78, 5) is 7.88. The van der Waals surface area contributed by atoms with Crippen molar-refractivity contribution >= 4 is 11.6 Å². The molecule has 0 saturated carbocycles. The van der Waals surface area contributed by atoms with Crippen LogP contribution in [0.4, 0.5) is 0 Å². The molecule has 0 aliphatic rings. The second-order valence-electron chi connectivity index (χ2n) is 5.58. The lowest BCUT2D eigenvalue weighted by molar-refractivity contribution is 0.305. The van der Waals surface area contributed by atoms with E-state index in [1.54, 1.807) is 24.8 Å². The molecule has 1 N–H and O–H groups in total. The maximum absolute atomic E-state index is 5.49. The van der Waals surface area contributed by atoms with Gasteiger partial charge in [0.05, 0.1) is 25.6 Å². The molecule has 0 amide bonds. The number of alkyl halides is 1. The van der Waals surface area contributed by atoms with Crippen molar-refractivity contribution in [3.8, 4) is 11.5 Å². The van der Waals surface area contributed by atoms with Gasteiger partial charge in [-0.15, -0.1) is 11.6 Å². The fraction of sp³-hybridized carbons (Fsp3) is 0.474. The van der Waals surface area contributed by atoms with Crippen LogP contribution in [0.3, 0.4) is 0 Å². The average molecular weight is 366 g/mol. The summed E-state index contributed by atoms with van der Waals surface area (Å²) in [5, 5.41) is 3.34. The number of nitrogens with one attached hydrogen (secondary N) is 1. The molecular weight excluding hydrogens is 338 g/mol. The highest BCUT2D eigenvalue weighted by Gasteiger charge is 1.94. The van der Waals surface area contributed by atoms with E-state index in [9.17, 15) is 0 Å². The number of ether oxygens (including phenoxy) is 2. The minimum Gasteiger partial charge on any atom is -0.492 e. The first-order chi connectivity index (χ1) is 12.2. The normalized spacial score (nSPS) is 10.1. The minimum atomic E-state index is 0.549. The Balaban J connectivity index is 0.000000257. The lowest BCUT2D eigenvalue weighted by Gasteiger charge is -2.08. The third-order valence-corrected chi connectivity index (χ3v) is 3.23. The van der Waals surface area contributed by atoms with Gasteiger partial charge in [0.2, 0.25) is 0 Å². The van der Waals surface area contributed by atoms with Gasteiger partial charge in [-0.1, -0.05) is 13.8 Å². The van der Waals surface area contributed by atoms with Crippen LogP contribution in [-0.2, 0) is 0 Å². The van der Waals surface area contributed by atoms with Crippen molar-refractivity contribution in [2.24, 2.45) is 0 Å². The van der Waals surface area contributed by atoms with Crippen LogP contribution in [0.5, 0.6) is 11.5 Å². The van der Waals surface area contributed by atoms with Gasteiger partial charge in [-0.25, -0.2) is 0 Å². The smallest absolute Gasteiger partial charge is 0.137 e. The topological polar surface area (TPSA) is 56.3 Å². The molecule has 6 heteroatoms. The van der Waals surface area contributed by atoms with Crippen LogP contribution in [0.25, 0.3) is 0 Å². The fourth-order valence-electron chi connectivity index (χ4n) is 1.76. The van der Waals surface area contributed by atoms with Gasteiger partial charge in [-0.05, 0) is 43.7 Å². The molecule has 0 fully saturated rings. The molecular formula is C19H28ClN3O2. The molecule has 0 spiro atoms. The Hall–Kier alpha value is -1.85. The number of hydrogen-bond donors (Lipinski definition) is 1. The number of pyridine rings is 2. The molecule has 0 radical (unpaired) electrons. The van der Waals surface area contributed by atoms with Crippen LogP contribution in [0.2, 0.25) is 0 Å². The summed E-state index contributed by atoms with van der Waals surface area (Å²) in [6.45, 7) is 6.68. The molecule has 0 bridgehead atoms. The van der Waals surface area contributed by atoms with Crippen LogP contribution in [-0.4, -0.2) is 41.6 Å². The second kappa shape index (κ2) is 14.5. The summed E-state index contributed by atoms with van der Waals surface area (Å²) in [6.07, 6.45) is 8.77. The van der Waals surface area contributed by atoms with Crippen molar-refractivity contribution in [2.45, 2.75) is 32.7 Å². The SMILES string of the molecule is CC(C)NCCCOc1cccnc1.ClCCCOc1cccnc1. The molecule has 0 unspecified atom stereocenters. The molecule has 0 aliphatic heterocycles. The van der Waals surface area contributed by atoms with Gasteiger partial charge in [-0.2, -0.15) is 0 Å². The first-order valence-electron chi connectivity index (χ1n) is 8.57. The molecule has 2 aromatic rings. The monoisotopic (exact) mass is 365 g/mol. The third kappa shape index (κ3) is 12.2. The van der Waals surface area contributed by atoms with Crippen molar-refractivity contribution in [2.75, 3.05) is 25.6 Å². The first kappa shape index (κ1) is 21.2. The molecule has 0 atom stereocenters. The molecule has 0 saturated heterocycles. The summed E-state index contributed by atoms with van der Waals surface area (Å²) in [7, 11) is 0. The van der Waals surface area contributed by atoms with Crippen molar-refractivity contribution < 1.29 is 9.47 Å². The highest BCUT2D eigenvalue weighted by Crippen LogP contribution is 2.06. The Kier molecular flexibility index (Phi) is 12.3. The van der Waals surface area contributed by atoms with E-state index >= 15 is 0 Å². The van der Waals surface area contributed by atoms with E-state index in [0.29, 0.717) is 18.5 Å². The molecule has 5 nitrogen and oxygen atoms in total. The van der Waals surface area contributed by atoms with E-state index in [2.05, 4.69) is 29.1 Å². The average Bonchev–Trinajstić information content (AvgIpc) is 2.64. The fourth-order valence-corrected chi connectivity index (χ4v) is 1.87. The molecule has 0 aromatic carbocycles. The van der Waals surface area contributed by atoms with Gasteiger partial charge in [0.1, 0.15) is 11.5 Å². The largest absolute Gasteiger partial charge is 0.492 e. The van der Waals surface area contributed by atoms with Gasteiger partial charge >= 0.3 is 0 Å². The van der Waals surface area contributed by atoms with Crippen LogP contribution >= 0.6 is 11.6 Å². The standard InChI is InChI=1S/C11H18N2O.C8H10ClNO/c1-10(2)13-7-4-8-14-11-5-3-6-12-9-11;9-4-2-6-11-8-3-1-5-10-7-8/h3,5-6,9-10,13H,4,7-8H2,1-2H3;1,3,5,7H,2,4,6H2. The Morgan fingerprint density at radius 3 is 1.96 bits per heavy atom. The molecule has 25 heavy (non-hydrogen) atoms.